The van der Waals surface area contributed by atoms with E-state index in [0.717, 1.165) is 25.9 Å². The van der Waals surface area contributed by atoms with Crippen LogP contribution in [0.3, 0.4) is 0 Å². The molecule has 0 saturated carbocycles. The van der Waals surface area contributed by atoms with Gasteiger partial charge in [-0.1, -0.05) is 0 Å². The molecule has 1 unspecified atom stereocenters. The van der Waals surface area contributed by atoms with Crippen LogP contribution in [0.5, 0.6) is 0 Å². The summed E-state index contributed by atoms with van der Waals surface area (Å²) in [5.74, 6) is -3.03. The van der Waals surface area contributed by atoms with Crippen molar-refractivity contribution in [3.8, 4) is 0 Å². The molecule has 1 aromatic rings. The zero-order valence-electron chi connectivity index (χ0n) is 12.8. The molecule has 6 nitrogen and oxygen atoms in total. The average Bonchev–Trinajstić information content (AvgIpc) is 3.04. The maximum absolute atomic E-state index is 13.5. The molecule has 2 aliphatic heterocycles. The van der Waals surface area contributed by atoms with Crippen LogP contribution in [-0.4, -0.2) is 64.1 Å². The van der Waals surface area contributed by atoms with Gasteiger partial charge in [0.2, 0.25) is 5.95 Å². The van der Waals surface area contributed by atoms with Gasteiger partial charge in [0.05, 0.1) is 0 Å². The third-order valence-corrected chi connectivity index (χ3v) is 4.41. The zero-order valence-corrected chi connectivity index (χ0v) is 12.8. The van der Waals surface area contributed by atoms with Gasteiger partial charge in [0.15, 0.2) is 0 Å². The van der Waals surface area contributed by atoms with Gasteiger partial charge >= 0.3 is 0 Å². The molecule has 1 amide bonds. The third kappa shape index (κ3) is 3.41. The molecule has 0 spiro atoms. The van der Waals surface area contributed by atoms with Crippen LogP contribution in [0.15, 0.2) is 12.3 Å². The van der Waals surface area contributed by atoms with E-state index in [9.17, 15) is 18.7 Å². The van der Waals surface area contributed by atoms with Crippen LogP contribution in [0.2, 0.25) is 0 Å². The van der Waals surface area contributed by atoms with Gasteiger partial charge in [0.1, 0.15) is 11.8 Å². The van der Waals surface area contributed by atoms with E-state index in [1.807, 2.05) is 4.90 Å². The number of carbonyl (C=O) groups is 1. The lowest BCUT2D eigenvalue weighted by Gasteiger charge is -2.21. The molecule has 2 saturated heterocycles. The molecule has 126 valence electrons. The highest BCUT2D eigenvalue weighted by atomic mass is 19.3. The maximum Gasteiger partial charge on any atom is 0.275 e. The van der Waals surface area contributed by atoms with Crippen molar-refractivity contribution in [2.45, 2.75) is 37.7 Å². The fourth-order valence-electron chi connectivity index (χ4n) is 2.95. The van der Waals surface area contributed by atoms with E-state index in [1.54, 1.807) is 0 Å². The zero-order chi connectivity index (χ0) is 16.4. The number of alkyl halides is 2. The second-order valence-corrected chi connectivity index (χ2v) is 6.04. The molecule has 0 aliphatic carbocycles. The molecule has 1 N–H and O–H groups in total. The Balaban J connectivity index is 1.74. The highest BCUT2D eigenvalue weighted by Gasteiger charge is 2.41. The lowest BCUT2D eigenvalue weighted by Crippen LogP contribution is -2.34. The largest absolute Gasteiger partial charge is 0.387 e. The van der Waals surface area contributed by atoms with Crippen LogP contribution in [0.25, 0.3) is 0 Å². The number of hydrogen-bond acceptors (Lipinski definition) is 5. The number of halogens is 2. The first-order chi connectivity index (χ1) is 11.0. The van der Waals surface area contributed by atoms with Crippen molar-refractivity contribution >= 4 is 11.9 Å². The standard InChI is InChI=1S/C15H20F2N4O2/c16-15(17)5-10-20(9-4-12(15)22)13(23)11-3-6-18-14(19-11)21-7-1-2-8-21/h3,6,12,22H,1-2,4-5,7-10H2. The third-order valence-electron chi connectivity index (χ3n) is 4.41. The number of hydrogen-bond donors (Lipinski definition) is 1. The van der Waals surface area contributed by atoms with Crippen LogP contribution >= 0.6 is 0 Å². The van der Waals surface area contributed by atoms with Crippen molar-refractivity contribution < 1.29 is 18.7 Å². The van der Waals surface area contributed by atoms with Gasteiger partial charge in [0.25, 0.3) is 11.8 Å². The van der Waals surface area contributed by atoms with Crippen LogP contribution in [0, 0.1) is 0 Å². The molecule has 1 aromatic heterocycles. The summed E-state index contributed by atoms with van der Waals surface area (Å²) in [6.07, 6.45) is 1.29. The van der Waals surface area contributed by atoms with Gasteiger partial charge in [-0.05, 0) is 25.3 Å². The molecule has 2 aliphatic rings. The summed E-state index contributed by atoms with van der Waals surface area (Å²) in [5.41, 5.74) is 0.210. The number of nitrogens with zero attached hydrogens (tertiary/aromatic N) is 4. The summed E-state index contributed by atoms with van der Waals surface area (Å²) >= 11 is 0. The molecule has 8 heteroatoms. The van der Waals surface area contributed by atoms with E-state index in [1.165, 1.54) is 17.2 Å². The van der Waals surface area contributed by atoms with Crippen molar-refractivity contribution in [2.75, 3.05) is 31.1 Å². The fourth-order valence-corrected chi connectivity index (χ4v) is 2.95. The van der Waals surface area contributed by atoms with E-state index in [2.05, 4.69) is 9.97 Å². The molecule has 0 bridgehead atoms. The fraction of sp³-hybridized carbons (Fsp3) is 0.667. The Kier molecular flexibility index (Phi) is 4.43. The Hall–Kier alpha value is -1.83. The highest BCUT2D eigenvalue weighted by Crippen LogP contribution is 2.29. The molecule has 2 fully saturated rings. The van der Waals surface area contributed by atoms with Gasteiger partial charge < -0.3 is 14.9 Å². The number of aromatic nitrogens is 2. The topological polar surface area (TPSA) is 69.6 Å². The van der Waals surface area contributed by atoms with Gasteiger partial charge in [-0.3, -0.25) is 4.79 Å². The predicted octanol–water partition coefficient (Wildman–Crippen LogP) is 1.31. The Bertz CT molecular complexity index is 578. The van der Waals surface area contributed by atoms with Crippen LogP contribution < -0.4 is 4.90 Å². The number of anilines is 1. The monoisotopic (exact) mass is 326 g/mol. The number of aliphatic hydroxyl groups is 1. The summed E-state index contributed by atoms with van der Waals surface area (Å²) in [4.78, 5) is 24.3. The SMILES string of the molecule is O=C(c1ccnc(N2CCCC2)n1)N1CCC(O)C(F)(F)CC1. The molecule has 23 heavy (non-hydrogen) atoms. The minimum atomic E-state index is -3.15. The van der Waals surface area contributed by atoms with Crippen LogP contribution in [0.1, 0.15) is 36.2 Å². The molecule has 0 radical (unpaired) electrons. The number of amides is 1. The van der Waals surface area contributed by atoms with Crippen LogP contribution in [0.4, 0.5) is 14.7 Å². The Labute approximate surface area is 133 Å². The minimum absolute atomic E-state index is 0.0913. The lowest BCUT2D eigenvalue weighted by atomic mass is 10.1. The first kappa shape index (κ1) is 16.0. The molecule has 3 heterocycles. The van der Waals surface area contributed by atoms with Crippen molar-refractivity contribution in [3.63, 3.8) is 0 Å². The smallest absolute Gasteiger partial charge is 0.275 e. The summed E-state index contributed by atoms with van der Waals surface area (Å²) in [5, 5.41) is 9.45. The van der Waals surface area contributed by atoms with E-state index in [0.29, 0.717) is 5.95 Å². The second kappa shape index (κ2) is 6.35. The van der Waals surface area contributed by atoms with Crippen molar-refractivity contribution in [1.29, 1.82) is 0 Å². The summed E-state index contributed by atoms with van der Waals surface area (Å²) in [6.45, 7) is 1.73. The first-order valence-corrected chi connectivity index (χ1v) is 7.90. The van der Waals surface area contributed by atoms with Gasteiger partial charge in [-0.2, -0.15) is 0 Å². The number of aliphatic hydroxyl groups excluding tert-OH is 1. The lowest BCUT2D eigenvalue weighted by molar-refractivity contribution is -0.108. The first-order valence-electron chi connectivity index (χ1n) is 7.90. The number of carbonyl (C=O) groups excluding carboxylic acids is 1. The predicted molar refractivity (Wildman–Crippen MR) is 79.6 cm³/mol. The molecule has 0 aromatic carbocycles. The van der Waals surface area contributed by atoms with E-state index >= 15 is 0 Å². The summed E-state index contributed by atoms with van der Waals surface area (Å²) in [7, 11) is 0. The maximum atomic E-state index is 13.5. The van der Waals surface area contributed by atoms with Gasteiger partial charge in [0, 0.05) is 38.8 Å². The molecule has 3 rings (SSSR count). The quantitative estimate of drug-likeness (QED) is 0.887. The molecule has 1 atom stereocenters. The average molecular weight is 326 g/mol. The molecular formula is C15H20F2N4O2. The Morgan fingerprint density at radius 2 is 2.00 bits per heavy atom. The van der Waals surface area contributed by atoms with E-state index in [4.69, 9.17) is 0 Å². The van der Waals surface area contributed by atoms with Crippen molar-refractivity contribution in [3.05, 3.63) is 18.0 Å². The highest BCUT2D eigenvalue weighted by molar-refractivity contribution is 5.92. The van der Waals surface area contributed by atoms with E-state index < -0.39 is 24.4 Å². The number of likely N-dealkylation sites (tertiary alicyclic amines) is 1. The van der Waals surface area contributed by atoms with Crippen molar-refractivity contribution in [2.24, 2.45) is 0 Å². The van der Waals surface area contributed by atoms with Gasteiger partial charge in [-0.25, -0.2) is 18.7 Å². The normalized spacial score (nSPS) is 24.6. The van der Waals surface area contributed by atoms with Crippen LogP contribution in [-0.2, 0) is 0 Å². The summed E-state index contributed by atoms with van der Waals surface area (Å²) < 4.78 is 27.1. The Morgan fingerprint density at radius 1 is 1.26 bits per heavy atom. The van der Waals surface area contributed by atoms with Gasteiger partial charge in [-0.15, -0.1) is 0 Å². The van der Waals surface area contributed by atoms with E-state index in [-0.39, 0.29) is 25.2 Å². The van der Waals surface area contributed by atoms with Crippen molar-refractivity contribution in [1.82, 2.24) is 14.9 Å². The minimum Gasteiger partial charge on any atom is -0.387 e. The molecular weight excluding hydrogens is 306 g/mol. The Morgan fingerprint density at radius 3 is 2.74 bits per heavy atom. The summed E-state index contributed by atoms with van der Waals surface area (Å²) in [6, 6.07) is 1.50. The second-order valence-electron chi connectivity index (χ2n) is 6.04. The number of rotatable bonds is 2.